The second-order valence-electron chi connectivity index (χ2n) is 7.35. The Kier molecular flexibility index (Phi) is 5.76. The molecule has 2 heterocycles. The van der Waals surface area contributed by atoms with Gasteiger partial charge in [0.25, 0.3) is 5.56 Å². The van der Waals surface area contributed by atoms with Gasteiger partial charge in [0, 0.05) is 31.1 Å². The lowest BCUT2D eigenvalue weighted by Crippen LogP contribution is -2.25. The molecule has 1 aliphatic carbocycles. The van der Waals surface area contributed by atoms with Gasteiger partial charge in [0.05, 0.1) is 18.2 Å². The molecule has 2 aromatic rings. The molecular formula is C21H23Cl2NO3. The van der Waals surface area contributed by atoms with Crippen LogP contribution in [0.3, 0.4) is 0 Å². The molecule has 0 atom stereocenters. The zero-order valence-corrected chi connectivity index (χ0v) is 16.6. The molecule has 6 heteroatoms. The minimum Gasteiger partial charge on any atom is -0.489 e. The lowest BCUT2D eigenvalue weighted by atomic mass is 10.1. The summed E-state index contributed by atoms with van der Waals surface area (Å²) in [4.78, 5) is 12.6. The fourth-order valence-corrected chi connectivity index (χ4v) is 3.92. The fourth-order valence-electron chi connectivity index (χ4n) is 3.41. The number of pyridine rings is 1. The second-order valence-corrected chi connectivity index (χ2v) is 8.13. The lowest BCUT2D eigenvalue weighted by Gasteiger charge is -2.24. The Bertz CT molecular complexity index is 870. The van der Waals surface area contributed by atoms with Crippen LogP contribution in [-0.4, -0.2) is 23.9 Å². The molecule has 1 saturated carbocycles. The number of benzene rings is 1. The first-order chi connectivity index (χ1) is 13.1. The number of nitrogens with zero attached hydrogens (tertiary/aromatic N) is 1. The molecule has 4 rings (SSSR count). The van der Waals surface area contributed by atoms with Crippen LogP contribution in [0.2, 0.25) is 10.0 Å². The molecule has 1 aromatic heterocycles. The smallest absolute Gasteiger partial charge is 0.269 e. The normalized spacial score (nSPS) is 17.9. The third-order valence-electron chi connectivity index (χ3n) is 5.29. The summed E-state index contributed by atoms with van der Waals surface area (Å²) in [5, 5.41) is 0.760. The highest BCUT2D eigenvalue weighted by molar-refractivity contribution is 6.34. The van der Waals surface area contributed by atoms with E-state index < -0.39 is 0 Å². The highest BCUT2D eigenvalue weighted by atomic mass is 35.5. The van der Waals surface area contributed by atoms with Crippen LogP contribution in [0.25, 0.3) is 11.1 Å². The maximum atomic E-state index is 12.6. The summed E-state index contributed by atoms with van der Waals surface area (Å²) in [5.74, 6) is 1.43. The summed E-state index contributed by atoms with van der Waals surface area (Å²) in [6.45, 7) is 2.15. The summed E-state index contributed by atoms with van der Waals surface area (Å²) in [5.41, 5.74) is 1.37. The van der Waals surface area contributed by atoms with Crippen LogP contribution in [0.5, 0.6) is 5.75 Å². The van der Waals surface area contributed by atoms with Crippen LogP contribution in [-0.2, 0) is 11.3 Å². The molecule has 0 N–H and O–H groups in total. The molecule has 144 valence electrons. The first-order valence-electron chi connectivity index (χ1n) is 9.55. The summed E-state index contributed by atoms with van der Waals surface area (Å²) in [7, 11) is 0. The van der Waals surface area contributed by atoms with E-state index in [4.69, 9.17) is 32.7 Å². The molecule has 4 nitrogen and oxygen atoms in total. The number of aromatic nitrogens is 1. The molecule has 0 spiro atoms. The molecule has 0 radical (unpaired) electrons. The molecule has 2 fully saturated rings. The van der Waals surface area contributed by atoms with E-state index in [9.17, 15) is 4.79 Å². The van der Waals surface area contributed by atoms with Gasteiger partial charge < -0.3 is 14.0 Å². The van der Waals surface area contributed by atoms with Crippen molar-refractivity contribution in [3.05, 3.63) is 50.9 Å². The zero-order valence-electron chi connectivity index (χ0n) is 15.1. The molecule has 0 bridgehead atoms. The van der Waals surface area contributed by atoms with E-state index in [0.717, 1.165) is 37.3 Å². The van der Waals surface area contributed by atoms with E-state index >= 15 is 0 Å². The Labute approximate surface area is 169 Å². The second kappa shape index (κ2) is 8.26. The highest BCUT2D eigenvalue weighted by Crippen LogP contribution is 2.35. The van der Waals surface area contributed by atoms with Gasteiger partial charge in [-0.2, -0.15) is 0 Å². The van der Waals surface area contributed by atoms with Crippen molar-refractivity contribution in [3.8, 4) is 16.9 Å². The van der Waals surface area contributed by atoms with Gasteiger partial charge >= 0.3 is 0 Å². The molecular weight excluding hydrogens is 385 g/mol. The fraction of sp³-hybridized carbons (Fsp3) is 0.476. The predicted molar refractivity (Wildman–Crippen MR) is 108 cm³/mol. The molecule has 1 saturated heterocycles. The van der Waals surface area contributed by atoms with Crippen molar-refractivity contribution < 1.29 is 9.47 Å². The van der Waals surface area contributed by atoms with Crippen LogP contribution in [0.1, 0.15) is 32.1 Å². The standard InChI is InChI=1S/C21H23Cl2NO3/c22-18-13-15(3-4-19(18)27-16-7-11-26-12-8-16)17-6-10-24(21(25)20(17)23)9-5-14-1-2-14/h3-4,6,10,13-14,16H,1-2,5,7-9,11-12H2. The quantitative estimate of drug-likeness (QED) is 0.661. The Balaban J connectivity index is 1.53. The average molecular weight is 408 g/mol. The Morgan fingerprint density at radius 2 is 1.89 bits per heavy atom. The van der Waals surface area contributed by atoms with Gasteiger partial charge in [-0.15, -0.1) is 0 Å². The topological polar surface area (TPSA) is 40.5 Å². The minimum absolute atomic E-state index is 0.126. The third kappa shape index (κ3) is 4.50. The van der Waals surface area contributed by atoms with Gasteiger partial charge in [0.15, 0.2) is 0 Å². The zero-order chi connectivity index (χ0) is 18.8. The summed E-state index contributed by atoms with van der Waals surface area (Å²) >= 11 is 12.8. The third-order valence-corrected chi connectivity index (χ3v) is 5.95. The van der Waals surface area contributed by atoms with Crippen molar-refractivity contribution in [2.24, 2.45) is 5.92 Å². The largest absolute Gasteiger partial charge is 0.489 e. The van der Waals surface area contributed by atoms with Crippen LogP contribution in [0.4, 0.5) is 0 Å². The van der Waals surface area contributed by atoms with Crippen molar-refractivity contribution in [3.63, 3.8) is 0 Å². The van der Waals surface area contributed by atoms with Crippen molar-refractivity contribution in [2.45, 2.75) is 44.8 Å². The van der Waals surface area contributed by atoms with Crippen LogP contribution in [0.15, 0.2) is 35.3 Å². The van der Waals surface area contributed by atoms with Crippen molar-refractivity contribution in [2.75, 3.05) is 13.2 Å². The number of aryl methyl sites for hydroxylation is 1. The van der Waals surface area contributed by atoms with Crippen molar-refractivity contribution >= 4 is 23.2 Å². The van der Waals surface area contributed by atoms with Gasteiger partial charge in [-0.3, -0.25) is 4.79 Å². The maximum absolute atomic E-state index is 12.6. The number of halogens is 2. The summed E-state index contributed by atoms with van der Waals surface area (Å²) in [6.07, 6.45) is 7.28. The Morgan fingerprint density at radius 3 is 2.59 bits per heavy atom. The molecule has 0 amide bonds. The van der Waals surface area contributed by atoms with E-state index in [0.29, 0.717) is 29.5 Å². The number of hydrogen-bond acceptors (Lipinski definition) is 3. The number of ether oxygens (including phenoxy) is 2. The van der Waals surface area contributed by atoms with Gasteiger partial charge in [0.2, 0.25) is 0 Å². The Hall–Kier alpha value is -1.49. The first-order valence-corrected chi connectivity index (χ1v) is 10.3. The molecule has 2 aliphatic rings. The van der Waals surface area contributed by atoms with Gasteiger partial charge in [-0.05, 0) is 36.1 Å². The van der Waals surface area contributed by atoms with Crippen LogP contribution < -0.4 is 10.3 Å². The van der Waals surface area contributed by atoms with E-state index in [1.165, 1.54) is 12.8 Å². The van der Waals surface area contributed by atoms with E-state index in [1.807, 2.05) is 30.5 Å². The van der Waals surface area contributed by atoms with Crippen molar-refractivity contribution in [1.29, 1.82) is 0 Å². The molecule has 1 aliphatic heterocycles. The SMILES string of the molecule is O=c1c(Cl)c(-c2ccc(OC3CCOCC3)c(Cl)c2)ccn1CCC1CC1. The predicted octanol–water partition coefficient (Wildman–Crippen LogP) is 5.18. The van der Waals surface area contributed by atoms with Crippen LogP contribution in [0, 0.1) is 5.92 Å². The summed E-state index contributed by atoms with van der Waals surface area (Å²) in [6, 6.07) is 7.45. The van der Waals surface area contributed by atoms with E-state index in [1.54, 1.807) is 4.57 Å². The average Bonchev–Trinajstić information content (AvgIpc) is 3.50. The molecule has 0 unspecified atom stereocenters. The molecule has 27 heavy (non-hydrogen) atoms. The summed E-state index contributed by atoms with van der Waals surface area (Å²) < 4.78 is 13.1. The van der Waals surface area contributed by atoms with E-state index in [2.05, 4.69) is 0 Å². The molecule has 1 aromatic carbocycles. The van der Waals surface area contributed by atoms with Crippen LogP contribution >= 0.6 is 23.2 Å². The Morgan fingerprint density at radius 1 is 1.11 bits per heavy atom. The highest BCUT2D eigenvalue weighted by Gasteiger charge is 2.21. The van der Waals surface area contributed by atoms with Gasteiger partial charge in [-0.25, -0.2) is 0 Å². The van der Waals surface area contributed by atoms with Gasteiger partial charge in [0.1, 0.15) is 16.9 Å². The minimum atomic E-state index is -0.145. The van der Waals surface area contributed by atoms with Gasteiger partial charge in [-0.1, -0.05) is 42.1 Å². The maximum Gasteiger partial charge on any atom is 0.269 e. The van der Waals surface area contributed by atoms with Crippen molar-refractivity contribution in [1.82, 2.24) is 4.57 Å². The first kappa shape index (κ1) is 18.9. The lowest BCUT2D eigenvalue weighted by molar-refractivity contribution is 0.0256. The van der Waals surface area contributed by atoms with E-state index in [-0.39, 0.29) is 16.7 Å². The number of hydrogen-bond donors (Lipinski definition) is 0. The number of rotatable bonds is 6. The monoisotopic (exact) mass is 407 g/mol.